The lowest BCUT2D eigenvalue weighted by Crippen LogP contribution is -2.12. The van der Waals surface area contributed by atoms with Crippen LogP contribution < -0.4 is 10.5 Å². The van der Waals surface area contributed by atoms with Crippen LogP contribution in [0.25, 0.3) is 11.3 Å². The number of rotatable bonds is 4. The van der Waals surface area contributed by atoms with Crippen LogP contribution in [0.3, 0.4) is 0 Å². The fourth-order valence-corrected chi connectivity index (χ4v) is 1.68. The molecular formula is C10H9N5O5. The van der Waals surface area contributed by atoms with Gasteiger partial charge in [0.1, 0.15) is 5.69 Å². The molecule has 10 heteroatoms. The molecule has 104 valence electrons. The number of nitrogens with zero attached hydrogens (tertiary/aromatic N) is 3. The van der Waals surface area contributed by atoms with Gasteiger partial charge < -0.3 is 15.6 Å². The number of hydrogen-bond donors (Lipinski definition) is 3. The van der Waals surface area contributed by atoms with Gasteiger partial charge in [-0.3, -0.25) is 14.9 Å². The number of carbonyl (C=O) groups is 1. The number of nitro benzene ring substituents is 1. The summed E-state index contributed by atoms with van der Waals surface area (Å²) in [5.74, 6) is -1.61. The zero-order valence-corrected chi connectivity index (χ0v) is 10.2. The van der Waals surface area contributed by atoms with E-state index in [0.717, 1.165) is 12.1 Å². The molecule has 2 rings (SSSR count). The number of nitro groups is 1. The van der Waals surface area contributed by atoms with Crippen molar-refractivity contribution in [2.45, 2.75) is 0 Å². The Morgan fingerprint density at radius 2 is 2.20 bits per heavy atom. The second-order valence-corrected chi connectivity index (χ2v) is 3.69. The fourth-order valence-electron chi connectivity index (χ4n) is 1.68. The number of phenols is 1. The van der Waals surface area contributed by atoms with Gasteiger partial charge in [0.05, 0.1) is 12.0 Å². The highest BCUT2D eigenvalue weighted by Crippen LogP contribution is 2.40. The summed E-state index contributed by atoms with van der Waals surface area (Å²) in [6.07, 6.45) is 0. The topological polar surface area (TPSA) is 157 Å². The predicted molar refractivity (Wildman–Crippen MR) is 65.2 cm³/mol. The highest BCUT2D eigenvalue weighted by Gasteiger charge is 2.24. The number of aromatic nitrogens is 3. The van der Waals surface area contributed by atoms with Gasteiger partial charge in [0.25, 0.3) is 5.91 Å². The van der Waals surface area contributed by atoms with E-state index in [0.29, 0.717) is 0 Å². The number of carbonyl (C=O) groups excluding carboxylic acids is 1. The molecule has 0 radical (unpaired) electrons. The number of primary amides is 1. The number of benzene rings is 1. The number of methoxy groups -OCH3 is 1. The van der Waals surface area contributed by atoms with Crippen molar-refractivity contribution in [2.24, 2.45) is 5.73 Å². The molecule has 1 aromatic carbocycles. The van der Waals surface area contributed by atoms with Crippen molar-refractivity contribution in [2.75, 3.05) is 7.11 Å². The second kappa shape index (κ2) is 4.84. The fraction of sp³-hybridized carbons (Fsp3) is 0.100. The third-order valence-electron chi connectivity index (χ3n) is 2.51. The molecule has 20 heavy (non-hydrogen) atoms. The van der Waals surface area contributed by atoms with E-state index >= 15 is 0 Å². The number of hydrogen-bond acceptors (Lipinski definition) is 7. The van der Waals surface area contributed by atoms with Crippen molar-refractivity contribution in [3.05, 3.63) is 27.9 Å². The average Bonchev–Trinajstić information content (AvgIpc) is 2.86. The lowest BCUT2D eigenvalue weighted by molar-refractivity contribution is -0.385. The van der Waals surface area contributed by atoms with Crippen LogP contribution in [0.5, 0.6) is 11.5 Å². The van der Waals surface area contributed by atoms with E-state index in [-0.39, 0.29) is 22.7 Å². The summed E-state index contributed by atoms with van der Waals surface area (Å²) in [5.41, 5.74) is 4.55. The van der Waals surface area contributed by atoms with Gasteiger partial charge >= 0.3 is 5.69 Å². The summed E-state index contributed by atoms with van der Waals surface area (Å²) in [5, 5.41) is 30.1. The van der Waals surface area contributed by atoms with E-state index in [4.69, 9.17) is 10.5 Å². The molecule has 0 aliphatic rings. The second-order valence-electron chi connectivity index (χ2n) is 3.69. The normalized spacial score (nSPS) is 10.2. The van der Waals surface area contributed by atoms with E-state index in [1.807, 2.05) is 0 Å². The van der Waals surface area contributed by atoms with Gasteiger partial charge in [-0.2, -0.15) is 15.4 Å². The average molecular weight is 279 g/mol. The minimum Gasteiger partial charge on any atom is -0.504 e. The smallest absolute Gasteiger partial charge is 0.315 e. The van der Waals surface area contributed by atoms with Gasteiger partial charge in [-0.1, -0.05) is 0 Å². The molecule has 0 atom stereocenters. The Balaban J connectivity index is 2.67. The quantitative estimate of drug-likeness (QED) is 0.532. The number of nitrogens with two attached hydrogens (primary N) is 1. The Kier molecular flexibility index (Phi) is 3.21. The molecule has 0 aliphatic heterocycles. The van der Waals surface area contributed by atoms with E-state index in [1.165, 1.54) is 7.11 Å². The van der Waals surface area contributed by atoms with Crippen LogP contribution in [0, 0.1) is 10.1 Å². The Morgan fingerprint density at radius 1 is 1.50 bits per heavy atom. The standard InChI is InChI=1S/C10H9N5O5/c1-20-9-5(15(18)19)2-4(3-6(9)16)7-8(10(11)17)13-14-12-7/h2-3,16H,1H3,(H2,11,17)(H,12,13,14). The van der Waals surface area contributed by atoms with Gasteiger partial charge in [-0.25, -0.2) is 0 Å². The molecule has 0 saturated carbocycles. The van der Waals surface area contributed by atoms with Crippen molar-refractivity contribution in [1.29, 1.82) is 0 Å². The van der Waals surface area contributed by atoms with Crippen LogP contribution in [-0.2, 0) is 0 Å². The molecule has 0 aliphatic carbocycles. The molecule has 0 bridgehead atoms. The molecule has 1 aromatic heterocycles. The van der Waals surface area contributed by atoms with Crippen LogP contribution in [0.2, 0.25) is 0 Å². The first-order valence-corrected chi connectivity index (χ1v) is 5.22. The van der Waals surface area contributed by atoms with Gasteiger partial charge in [0.2, 0.25) is 5.75 Å². The summed E-state index contributed by atoms with van der Waals surface area (Å²) >= 11 is 0. The molecule has 1 heterocycles. The van der Waals surface area contributed by atoms with Gasteiger partial charge in [0, 0.05) is 11.6 Å². The number of amides is 1. The van der Waals surface area contributed by atoms with Crippen LogP contribution in [0.1, 0.15) is 10.5 Å². The van der Waals surface area contributed by atoms with E-state index in [1.54, 1.807) is 0 Å². The molecule has 0 saturated heterocycles. The van der Waals surface area contributed by atoms with E-state index < -0.39 is 22.3 Å². The Morgan fingerprint density at radius 3 is 2.75 bits per heavy atom. The molecule has 0 unspecified atom stereocenters. The van der Waals surface area contributed by atoms with Crippen molar-refractivity contribution in [3.8, 4) is 22.8 Å². The van der Waals surface area contributed by atoms with Crippen molar-refractivity contribution in [1.82, 2.24) is 15.4 Å². The minimum absolute atomic E-state index is 0.00134. The molecule has 1 amide bonds. The van der Waals surface area contributed by atoms with Crippen molar-refractivity contribution in [3.63, 3.8) is 0 Å². The first-order valence-electron chi connectivity index (χ1n) is 5.22. The zero-order chi connectivity index (χ0) is 14.9. The SMILES string of the molecule is COc1c(O)cc(-c2n[nH]nc2C(N)=O)cc1[N+](=O)[O-]. The maximum Gasteiger partial charge on any atom is 0.315 e. The number of nitrogens with one attached hydrogen (secondary N) is 1. The van der Waals surface area contributed by atoms with Crippen LogP contribution >= 0.6 is 0 Å². The monoisotopic (exact) mass is 279 g/mol. The molecule has 0 spiro atoms. The lowest BCUT2D eigenvalue weighted by atomic mass is 10.1. The number of aromatic hydroxyl groups is 1. The highest BCUT2D eigenvalue weighted by molar-refractivity contribution is 5.97. The first kappa shape index (κ1) is 13.3. The number of phenolic OH excluding ortho intramolecular Hbond substituents is 1. The van der Waals surface area contributed by atoms with Crippen LogP contribution in [0.4, 0.5) is 5.69 Å². The van der Waals surface area contributed by atoms with E-state index in [2.05, 4.69) is 15.4 Å². The Bertz CT molecular complexity index is 695. The predicted octanol–water partition coefficient (Wildman–Crippen LogP) is 0.193. The minimum atomic E-state index is -0.855. The van der Waals surface area contributed by atoms with Crippen LogP contribution in [-0.4, -0.2) is 38.5 Å². The summed E-state index contributed by atoms with van der Waals surface area (Å²) in [7, 11) is 1.19. The number of aromatic amines is 1. The maximum absolute atomic E-state index is 11.2. The molecule has 4 N–H and O–H groups in total. The molecule has 0 fully saturated rings. The zero-order valence-electron chi connectivity index (χ0n) is 10.2. The summed E-state index contributed by atoms with van der Waals surface area (Å²) in [6.45, 7) is 0. The van der Waals surface area contributed by atoms with E-state index in [9.17, 15) is 20.0 Å². The lowest BCUT2D eigenvalue weighted by Gasteiger charge is -2.06. The maximum atomic E-state index is 11.2. The van der Waals surface area contributed by atoms with Gasteiger partial charge in [-0.05, 0) is 6.07 Å². The van der Waals surface area contributed by atoms with Gasteiger partial charge in [0.15, 0.2) is 11.4 Å². The number of H-pyrrole nitrogens is 1. The molecule has 10 nitrogen and oxygen atoms in total. The summed E-state index contributed by atoms with van der Waals surface area (Å²) in [6, 6.07) is 2.26. The third kappa shape index (κ3) is 2.09. The highest BCUT2D eigenvalue weighted by atomic mass is 16.6. The third-order valence-corrected chi connectivity index (χ3v) is 2.51. The number of ether oxygens (including phenoxy) is 1. The summed E-state index contributed by atoms with van der Waals surface area (Å²) < 4.78 is 4.76. The van der Waals surface area contributed by atoms with Crippen molar-refractivity contribution >= 4 is 11.6 Å². The summed E-state index contributed by atoms with van der Waals surface area (Å²) in [4.78, 5) is 21.4. The molecular weight excluding hydrogens is 270 g/mol. The molecule has 2 aromatic rings. The Hall–Kier alpha value is -3.17. The van der Waals surface area contributed by atoms with Crippen molar-refractivity contribution < 1.29 is 19.6 Å². The van der Waals surface area contributed by atoms with Crippen LogP contribution in [0.15, 0.2) is 12.1 Å². The largest absolute Gasteiger partial charge is 0.504 e. The Labute approximate surface area is 111 Å². The van der Waals surface area contributed by atoms with Gasteiger partial charge in [-0.15, -0.1) is 0 Å². The first-order chi connectivity index (χ1) is 9.45.